The smallest absolute Gasteiger partial charge is 0.308 e. The maximum absolute atomic E-state index is 13.4. The minimum Gasteiger partial charge on any atom is -0.497 e. The zero-order chi connectivity index (χ0) is 24.8. The molecule has 2 aromatic carbocycles. The summed E-state index contributed by atoms with van der Waals surface area (Å²) < 4.78 is 18.7. The molecule has 186 valence electrons. The molecule has 3 atom stereocenters. The fourth-order valence-corrected chi connectivity index (χ4v) is 5.79. The third kappa shape index (κ3) is 6.51. The molecular formula is C27H31FN2O4S. The lowest BCUT2D eigenvalue weighted by molar-refractivity contribution is -0.146. The molecule has 6 nitrogen and oxygen atoms in total. The van der Waals surface area contributed by atoms with E-state index >= 15 is 0 Å². The summed E-state index contributed by atoms with van der Waals surface area (Å²) in [6.45, 7) is 2.07. The predicted molar refractivity (Wildman–Crippen MR) is 135 cm³/mol. The largest absolute Gasteiger partial charge is 0.497 e. The minimum atomic E-state index is -0.786. The van der Waals surface area contributed by atoms with Crippen LogP contribution >= 0.6 is 11.8 Å². The Kier molecular flexibility index (Phi) is 8.59. The quantitative estimate of drug-likeness (QED) is 0.380. The van der Waals surface area contributed by atoms with Crippen molar-refractivity contribution >= 4 is 28.6 Å². The number of carboxylic acids is 1. The first-order valence-electron chi connectivity index (χ1n) is 11.9. The Bertz CT molecular complexity index is 1160. The highest BCUT2D eigenvalue weighted by molar-refractivity contribution is 7.99. The van der Waals surface area contributed by atoms with Gasteiger partial charge in [0, 0.05) is 35.3 Å². The summed E-state index contributed by atoms with van der Waals surface area (Å²) in [5.41, 5.74) is 1.57. The van der Waals surface area contributed by atoms with Crippen LogP contribution in [0.15, 0.2) is 59.6 Å². The highest BCUT2D eigenvalue weighted by atomic mass is 32.2. The van der Waals surface area contributed by atoms with E-state index in [4.69, 9.17) is 4.74 Å². The number of aliphatic hydroxyl groups excluding tert-OH is 1. The van der Waals surface area contributed by atoms with Crippen LogP contribution in [-0.4, -0.2) is 58.6 Å². The molecule has 1 aromatic heterocycles. The Balaban J connectivity index is 1.33. The zero-order valence-corrected chi connectivity index (χ0v) is 20.6. The van der Waals surface area contributed by atoms with Crippen LogP contribution in [0.4, 0.5) is 4.39 Å². The van der Waals surface area contributed by atoms with Gasteiger partial charge in [0.2, 0.25) is 0 Å². The topological polar surface area (TPSA) is 82.9 Å². The molecule has 8 heteroatoms. The number of ether oxygens (including phenoxy) is 1. The number of nitrogens with zero attached hydrogens (tertiary/aromatic N) is 2. The fourth-order valence-electron chi connectivity index (χ4n) is 4.84. The number of hydrogen-bond donors (Lipinski definition) is 2. The first kappa shape index (κ1) is 25.4. The first-order chi connectivity index (χ1) is 16.9. The second-order valence-corrected chi connectivity index (χ2v) is 10.1. The maximum atomic E-state index is 13.4. The van der Waals surface area contributed by atoms with Gasteiger partial charge in [-0.2, -0.15) is 0 Å². The van der Waals surface area contributed by atoms with E-state index in [1.165, 1.54) is 12.1 Å². The second-order valence-electron chi connectivity index (χ2n) is 8.98. The Morgan fingerprint density at radius 1 is 1.29 bits per heavy atom. The number of methoxy groups -OCH3 is 1. The standard InChI is InChI=1S/C27H31FN2O4S/c1-34-20-6-7-25-23(16-20)22(9-11-29-25)26(31)8-5-18-10-12-30(17-24(18)27(32)33)13-14-35-21-4-2-3-19(28)15-21/h2-4,6-7,9,11,15-16,18,24,26,31H,5,8,10,12-14,17H2,1H3,(H,32,33)/t18?,24-,26-/m1/s1. The number of aliphatic carboxylic acids is 1. The van der Waals surface area contributed by atoms with E-state index in [9.17, 15) is 19.4 Å². The molecule has 3 aromatic rings. The SMILES string of the molecule is COc1ccc2nccc([C@H](O)CCC3CCN(CCSc4cccc(F)c4)C[C@H]3C(=O)O)c2c1. The van der Waals surface area contributed by atoms with Crippen LogP contribution in [0.2, 0.25) is 0 Å². The maximum Gasteiger partial charge on any atom is 0.308 e. The van der Waals surface area contributed by atoms with Crippen LogP contribution in [0.1, 0.15) is 30.9 Å². The van der Waals surface area contributed by atoms with E-state index in [2.05, 4.69) is 9.88 Å². The summed E-state index contributed by atoms with van der Waals surface area (Å²) in [4.78, 5) is 19.5. The number of aliphatic hydroxyl groups is 1. The Morgan fingerprint density at radius 3 is 2.91 bits per heavy atom. The van der Waals surface area contributed by atoms with Crippen LogP contribution in [0.3, 0.4) is 0 Å². The van der Waals surface area contributed by atoms with Crippen molar-refractivity contribution in [1.29, 1.82) is 0 Å². The van der Waals surface area contributed by atoms with E-state index in [1.54, 1.807) is 31.1 Å². The summed E-state index contributed by atoms with van der Waals surface area (Å²) in [6.07, 6.45) is 2.88. The van der Waals surface area contributed by atoms with Crippen LogP contribution in [-0.2, 0) is 4.79 Å². The van der Waals surface area contributed by atoms with Gasteiger partial charge in [-0.3, -0.25) is 9.78 Å². The molecule has 0 aliphatic carbocycles. The first-order valence-corrected chi connectivity index (χ1v) is 12.9. The number of pyridine rings is 1. The van der Waals surface area contributed by atoms with E-state index in [0.717, 1.165) is 46.6 Å². The number of carboxylic acid groups (broad SMARTS) is 1. The zero-order valence-electron chi connectivity index (χ0n) is 19.8. The molecule has 1 saturated heterocycles. The van der Waals surface area contributed by atoms with Crippen molar-refractivity contribution in [3.05, 3.63) is 66.1 Å². The number of likely N-dealkylation sites (tertiary alicyclic amines) is 1. The summed E-state index contributed by atoms with van der Waals surface area (Å²) in [5, 5.41) is 21.7. The summed E-state index contributed by atoms with van der Waals surface area (Å²) in [6, 6.07) is 13.9. The van der Waals surface area contributed by atoms with E-state index in [-0.39, 0.29) is 11.7 Å². The normalized spacial score (nSPS) is 19.5. The number of hydrogen-bond acceptors (Lipinski definition) is 6. The molecule has 35 heavy (non-hydrogen) atoms. The number of halogens is 1. The molecule has 0 amide bonds. The average molecular weight is 499 g/mol. The molecular weight excluding hydrogens is 467 g/mol. The van der Waals surface area contributed by atoms with E-state index in [1.807, 2.05) is 30.3 Å². The van der Waals surface area contributed by atoms with Crippen molar-refractivity contribution < 1.29 is 24.1 Å². The third-order valence-corrected chi connectivity index (χ3v) is 7.76. The highest BCUT2D eigenvalue weighted by Gasteiger charge is 2.34. The molecule has 1 aliphatic rings. The molecule has 1 unspecified atom stereocenters. The fraction of sp³-hybridized carbons (Fsp3) is 0.407. The van der Waals surface area contributed by atoms with Crippen molar-refractivity contribution in [1.82, 2.24) is 9.88 Å². The van der Waals surface area contributed by atoms with Crippen LogP contribution in [0.25, 0.3) is 10.9 Å². The van der Waals surface area contributed by atoms with Gasteiger partial charge in [0.15, 0.2) is 0 Å². The van der Waals surface area contributed by atoms with Crippen molar-refractivity contribution in [3.8, 4) is 5.75 Å². The molecule has 2 N–H and O–H groups in total. The molecule has 1 aliphatic heterocycles. The van der Waals surface area contributed by atoms with Crippen LogP contribution < -0.4 is 4.74 Å². The van der Waals surface area contributed by atoms with Gasteiger partial charge in [0.25, 0.3) is 0 Å². The lowest BCUT2D eigenvalue weighted by Crippen LogP contribution is -2.44. The number of piperidine rings is 1. The van der Waals surface area contributed by atoms with E-state index in [0.29, 0.717) is 25.1 Å². The van der Waals surface area contributed by atoms with Gasteiger partial charge < -0.3 is 19.8 Å². The lowest BCUT2D eigenvalue weighted by atomic mass is 9.81. The Morgan fingerprint density at radius 2 is 2.14 bits per heavy atom. The number of benzene rings is 2. The van der Waals surface area contributed by atoms with Gasteiger partial charge in [-0.05, 0) is 79.8 Å². The number of rotatable bonds is 10. The van der Waals surface area contributed by atoms with Gasteiger partial charge in [-0.1, -0.05) is 6.07 Å². The molecule has 2 heterocycles. The van der Waals surface area contributed by atoms with E-state index < -0.39 is 18.0 Å². The average Bonchev–Trinajstić information content (AvgIpc) is 2.87. The van der Waals surface area contributed by atoms with Gasteiger partial charge in [-0.15, -0.1) is 11.8 Å². The van der Waals surface area contributed by atoms with Gasteiger partial charge in [0.05, 0.1) is 24.6 Å². The van der Waals surface area contributed by atoms with Crippen molar-refractivity contribution in [3.63, 3.8) is 0 Å². The van der Waals surface area contributed by atoms with Gasteiger partial charge in [-0.25, -0.2) is 4.39 Å². The Labute approximate surface area is 209 Å². The van der Waals surface area contributed by atoms with Crippen molar-refractivity contribution in [2.45, 2.75) is 30.3 Å². The Hall–Kier alpha value is -2.68. The van der Waals surface area contributed by atoms with Gasteiger partial charge >= 0.3 is 5.97 Å². The summed E-state index contributed by atoms with van der Waals surface area (Å²) >= 11 is 1.58. The predicted octanol–water partition coefficient (Wildman–Crippen LogP) is 5.01. The van der Waals surface area contributed by atoms with Crippen molar-refractivity contribution in [2.24, 2.45) is 11.8 Å². The molecule has 1 fully saturated rings. The molecule has 0 saturated carbocycles. The third-order valence-electron chi connectivity index (χ3n) is 6.78. The summed E-state index contributed by atoms with van der Waals surface area (Å²) in [5.74, 6) is -0.0133. The van der Waals surface area contributed by atoms with Crippen molar-refractivity contribution in [2.75, 3.05) is 32.5 Å². The number of carbonyl (C=O) groups is 1. The number of aromatic nitrogens is 1. The minimum absolute atomic E-state index is 0.0110. The molecule has 0 spiro atoms. The monoisotopic (exact) mass is 498 g/mol. The van der Waals surface area contributed by atoms with Crippen LogP contribution in [0.5, 0.6) is 5.75 Å². The van der Waals surface area contributed by atoms with Crippen LogP contribution in [0, 0.1) is 17.7 Å². The summed E-state index contributed by atoms with van der Waals surface area (Å²) in [7, 11) is 1.60. The lowest BCUT2D eigenvalue weighted by Gasteiger charge is -2.37. The van der Waals surface area contributed by atoms with Gasteiger partial charge in [0.1, 0.15) is 11.6 Å². The highest BCUT2D eigenvalue weighted by Crippen LogP contribution is 2.34. The molecule has 0 bridgehead atoms. The number of fused-ring (bicyclic) bond motifs is 1. The second kappa shape index (κ2) is 11.8. The molecule has 0 radical (unpaired) electrons. The molecule has 4 rings (SSSR count). The number of thioether (sulfide) groups is 1.